The largest absolute Gasteiger partial charge is 0.274 e. The van der Waals surface area contributed by atoms with Gasteiger partial charge in [-0.3, -0.25) is 14.5 Å². The summed E-state index contributed by atoms with van der Waals surface area (Å²) < 4.78 is 0. The molecule has 3 nitrogen and oxygen atoms in total. The number of rotatable bonds is 7. The SMILES string of the molecule is C[Si](C)(C)CC(=CCCN1C(=O)c2ccccc2C1=O)C[Si](C)(C)C. The van der Waals surface area contributed by atoms with Gasteiger partial charge in [-0.25, -0.2) is 0 Å². The van der Waals surface area contributed by atoms with Crippen molar-refractivity contribution in [1.29, 1.82) is 0 Å². The van der Waals surface area contributed by atoms with Crippen LogP contribution in [-0.2, 0) is 0 Å². The molecule has 2 rings (SSSR count). The molecule has 1 aliphatic heterocycles. The Morgan fingerprint density at radius 2 is 1.32 bits per heavy atom. The van der Waals surface area contributed by atoms with Crippen molar-refractivity contribution >= 4 is 28.0 Å². The maximum Gasteiger partial charge on any atom is 0.261 e. The third-order valence-corrected chi connectivity index (χ3v) is 7.21. The Morgan fingerprint density at radius 3 is 1.72 bits per heavy atom. The monoisotopic (exact) mass is 373 g/mol. The van der Waals surface area contributed by atoms with Crippen LogP contribution in [0.3, 0.4) is 0 Å². The second-order valence-corrected chi connectivity index (χ2v) is 20.4. The highest BCUT2D eigenvalue weighted by molar-refractivity contribution is 6.78. The minimum Gasteiger partial charge on any atom is -0.274 e. The van der Waals surface area contributed by atoms with Crippen LogP contribution in [0.5, 0.6) is 0 Å². The molecular weight excluding hydrogens is 342 g/mol. The summed E-state index contributed by atoms with van der Waals surface area (Å²) in [5, 5.41) is 0. The number of hydrogen-bond acceptors (Lipinski definition) is 2. The number of imide groups is 1. The zero-order valence-electron chi connectivity index (χ0n) is 16.5. The number of benzene rings is 1. The molecule has 0 N–H and O–H groups in total. The normalized spacial score (nSPS) is 14.7. The zero-order valence-corrected chi connectivity index (χ0v) is 18.5. The number of carbonyl (C=O) groups excluding carboxylic acids is 2. The van der Waals surface area contributed by atoms with Crippen molar-refractivity contribution in [2.45, 2.75) is 57.8 Å². The lowest BCUT2D eigenvalue weighted by Gasteiger charge is -2.24. The molecular formula is C20H31NO2Si2. The Labute approximate surface area is 154 Å². The quantitative estimate of drug-likeness (QED) is 0.371. The minimum absolute atomic E-state index is 0.147. The average Bonchev–Trinajstić information content (AvgIpc) is 2.69. The molecule has 136 valence electrons. The van der Waals surface area contributed by atoms with E-state index in [1.54, 1.807) is 12.1 Å². The van der Waals surface area contributed by atoms with E-state index in [1.165, 1.54) is 22.6 Å². The van der Waals surface area contributed by atoms with Gasteiger partial charge >= 0.3 is 0 Å². The van der Waals surface area contributed by atoms with Gasteiger partial charge in [0.25, 0.3) is 11.8 Å². The lowest BCUT2D eigenvalue weighted by atomic mass is 10.1. The van der Waals surface area contributed by atoms with Crippen LogP contribution in [0.15, 0.2) is 35.9 Å². The molecule has 1 aromatic carbocycles. The van der Waals surface area contributed by atoms with E-state index < -0.39 is 16.1 Å². The van der Waals surface area contributed by atoms with Gasteiger partial charge in [-0.2, -0.15) is 0 Å². The first kappa shape index (κ1) is 19.9. The molecule has 25 heavy (non-hydrogen) atoms. The molecule has 0 saturated carbocycles. The number of hydrogen-bond donors (Lipinski definition) is 0. The molecule has 0 radical (unpaired) electrons. The predicted octanol–water partition coefficient (Wildman–Crippen LogP) is 5.28. The summed E-state index contributed by atoms with van der Waals surface area (Å²) in [6, 6.07) is 9.53. The molecule has 0 spiro atoms. The summed E-state index contributed by atoms with van der Waals surface area (Å²) >= 11 is 0. The highest BCUT2D eigenvalue weighted by atomic mass is 28.3. The number of nitrogens with zero attached hydrogens (tertiary/aromatic N) is 1. The molecule has 0 atom stereocenters. The van der Waals surface area contributed by atoms with Gasteiger partial charge in [-0.05, 0) is 30.6 Å². The fraction of sp³-hybridized carbons (Fsp3) is 0.500. The third-order valence-electron chi connectivity index (χ3n) is 4.18. The van der Waals surface area contributed by atoms with E-state index in [1.807, 2.05) is 12.1 Å². The summed E-state index contributed by atoms with van der Waals surface area (Å²) in [5.41, 5.74) is 2.62. The molecule has 0 bridgehead atoms. The van der Waals surface area contributed by atoms with Crippen molar-refractivity contribution < 1.29 is 9.59 Å². The lowest BCUT2D eigenvalue weighted by molar-refractivity contribution is 0.0657. The van der Waals surface area contributed by atoms with Crippen LogP contribution < -0.4 is 0 Å². The Morgan fingerprint density at radius 1 is 0.880 bits per heavy atom. The van der Waals surface area contributed by atoms with Crippen LogP contribution in [-0.4, -0.2) is 39.4 Å². The summed E-state index contributed by atoms with van der Waals surface area (Å²) in [5.74, 6) is -0.295. The Balaban J connectivity index is 2.07. The molecule has 0 aliphatic carbocycles. The second-order valence-electron chi connectivity index (χ2n) is 9.43. The molecule has 1 heterocycles. The second kappa shape index (κ2) is 7.42. The van der Waals surface area contributed by atoms with Crippen LogP contribution in [0, 0.1) is 0 Å². The van der Waals surface area contributed by atoms with Crippen LogP contribution in [0.4, 0.5) is 0 Å². The maximum absolute atomic E-state index is 12.4. The molecule has 2 amide bonds. The third kappa shape index (κ3) is 5.51. The summed E-state index contributed by atoms with van der Waals surface area (Å²) in [6.45, 7) is 14.9. The number of amides is 2. The first-order valence-corrected chi connectivity index (χ1v) is 16.5. The molecule has 0 aromatic heterocycles. The highest BCUT2D eigenvalue weighted by Gasteiger charge is 2.34. The molecule has 1 aromatic rings. The molecule has 0 saturated heterocycles. The average molecular weight is 374 g/mol. The smallest absolute Gasteiger partial charge is 0.261 e. The van der Waals surface area contributed by atoms with Gasteiger partial charge in [0.2, 0.25) is 0 Å². The lowest BCUT2D eigenvalue weighted by Crippen LogP contribution is -2.30. The van der Waals surface area contributed by atoms with Crippen LogP contribution in [0.1, 0.15) is 27.1 Å². The van der Waals surface area contributed by atoms with E-state index >= 15 is 0 Å². The summed E-state index contributed by atoms with van der Waals surface area (Å²) in [6.07, 6.45) is 3.07. The highest BCUT2D eigenvalue weighted by Crippen LogP contribution is 2.26. The van der Waals surface area contributed by atoms with Gasteiger partial charge in [0, 0.05) is 22.7 Å². The van der Waals surface area contributed by atoms with Gasteiger partial charge in [-0.1, -0.05) is 63.1 Å². The summed E-state index contributed by atoms with van der Waals surface area (Å²) in [7, 11) is -2.35. The molecule has 5 heteroatoms. The van der Waals surface area contributed by atoms with Crippen molar-refractivity contribution in [2.75, 3.05) is 6.54 Å². The van der Waals surface area contributed by atoms with Gasteiger partial charge < -0.3 is 0 Å². The van der Waals surface area contributed by atoms with E-state index in [-0.39, 0.29) is 11.8 Å². The van der Waals surface area contributed by atoms with Crippen LogP contribution >= 0.6 is 0 Å². The van der Waals surface area contributed by atoms with Crippen molar-refractivity contribution in [3.05, 3.63) is 47.0 Å². The van der Waals surface area contributed by atoms with Gasteiger partial charge in [0.1, 0.15) is 0 Å². The Hall–Kier alpha value is -1.47. The number of fused-ring (bicyclic) bond motifs is 1. The predicted molar refractivity (Wildman–Crippen MR) is 111 cm³/mol. The topological polar surface area (TPSA) is 37.4 Å². The Kier molecular flexibility index (Phi) is 5.89. The van der Waals surface area contributed by atoms with Crippen LogP contribution in [0.2, 0.25) is 51.4 Å². The van der Waals surface area contributed by atoms with E-state index in [2.05, 4.69) is 45.4 Å². The summed E-state index contributed by atoms with van der Waals surface area (Å²) in [4.78, 5) is 26.3. The van der Waals surface area contributed by atoms with E-state index in [0.29, 0.717) is 17.7 Å². The Bertz CT molecular complexity index is 643. The fourth-order valence-electron chi connectivity index (χ4n) is 3.41. The van der Waals surface area contributed by atoms with Crippen molar-refractivity contribution in [3.8, 4) is 0 Å². The molecule has 0 unspecified atom stereocenters. The van der Waals surface area contributed by atoms with Crippen molar-refractivity contribution in [3.63, 3.8) is 0 Å². The van der Waals surface area contributed by atoms with Gasteiger partial charge in [-0.15, -0.1) is 0 Å². The van der Waals surface area contributed by atoms with Gasteiger partial charge in [0.05, 0.1) is 11.1 Å². The first-order chi connectivity index (χ1) is 11.5. The zero-order chi connectivity index (χ0) is 18.8. The maximum atomic E-state index is 12.4. The van der Waals surface area contributed by atoms with Crippen molar-refractivity contribution in [1.82, 2.24) is 4.90 Å². The number of carbonyl (C=O) groups is 2. The van der Waals surface area contributed by atoms with Crippen LogP contribution in [0.25, 0.3) is 0 Å². The van der Waals surface area contributed by atoms with Gasteiger partial charge in [0.15, 0.2) is 0 Å². The van der Waals surface area contributed by atoms with Crippen molar-refractivity contribution in [2.24, 2.45) is 0 Å². The van der Waals surface area contributed by atoms with E-state index in [9.17, 15) is 9.59 Å². The minimum atomic E-state index is -1.17. The molecule has 0 fully saturated rings. The first-order valence-electron chi connectivity index (χ1n) is 9.11. The van der Waals surface area contributed by atoms with E-state index in [0.717, 1.165) is 6.42 Å². The fourth-order valence-corrected chi connectivity index (χ4v) is 6.92. The molecule has 1 aliphatic rings. The standard InChI is InChI=1S/C20H31NO2Si2/c1-24(2,3)14-16(15-25(4,5)6)10-9-13-21-19(22)17-11-7-8-12-18(17)20(21)23/h7-8,10-12H,9,13-15H2,1-6H3. The van der Waals surface area contributed by atoms with E-state index in [4.69, 9.17) is 0 Å². The number of allylic oxidation sites excluding steroid dienone is 1.